The van der Waals surface area contributed by atoms with Crippen molar-refractivity contribution in [2.24, 2.45) is 0 Å². The number of imidazole rings is 1. The van der Waals surface area contributed by atoms with Crippen LogP contribution in [0, 0.1) is 0 Å². The van der Waals surface area contributed by atoms with Gasteiger partial charge in [-0.1, -0.05) is 0 Å². The fourth-order valence-corrected chi connectivity index (χ4v) is 7.21. The summed E-state index contributed by atoms with van der Waals surface area (Å²) in [5, 5.41) is 0. The Hall–Kier alpha value is -2.39. The first-order chi connectivity index (χ1) is 18.9. The van der Waals surface area contributed by atoms with E-state index >= 15 is 0 Å². The number of hydrogen-bond acceptors (Lipinski definition) is 12. The summed E-state index contributed by atoms with van der Waals surface area (Å²) >= 11 is 0. The molecule has 0 spiro atoms. The van der Waals surface area contributed by atoms with Gasteiger partial charge in [0.05, 0.1) is 6.61 Å². The summed E-state index contributed by atoms with van der Waals surface area (Å²) in [5.41, 5.74) is 4.41. The molecule has 2 fully saturated rings. The van der Waals surface area contributed by atoms with Crippen LogP contribution in [0.15, 0.2) is 11.1 Å². The van der Waals surface area contributed by atoms with Crippen LogP contribution in [-0.4, -0.2) is 85.4 Å². The van der Waals surface area contributed by atoms with Gasteiger partial charge >= 0.3 is 19.5 Å². The minimum absolute atomic E-state index is 0.0295. The van der Waals surface area contributed by atoms with E-state index in [-0.39, 0.29) is 35.7 Å². The number of anilines is 1. The van der Waals surface area contributed by atoms with Gasteiger partial charge in [-0.15, -0.1) is 0 Å². The van der Waals surface area contributed by atoms with Crippen LogP contribution in [0.2, 0.25) is 0 Å². The van der Waals surface area contributed by atoms with Gasteiger partial charge < -0.3 is 24.7 Å². The van der Waals surface area contributed by atoms with E-state index in [1.807, 2.05) is 27.7 Å². The maximum atomic E-state index is 13.8. The van der Waals surface area contributed by atoms with Crippen molar-refractivity contribution < 1.29 is 37.4 Å². The molecule has 0 saturated carbocycles. The number of carbonyl (C=O) groups excluding carboxylic acids is 1. The number of nitrogens with two attached hydrogens (primary N) is 1. The molecule has 0 bridgehead atoms. The SMILES string of the molecule is COP(=O)(OC[C@H]1O[C@@H](n2c(=O)n(C(=O)OC(C)(C)C)c3c(N)ncnc32)[C@@H]2OC(C)(C)O[C@@H]21)N(C(C)C)C(C)C. The van der Waals surface area contributed by atoms with Gasteiger partial charge in [0.1, 0.15) is 35.8 Å². The number of hydrogen-bond donors (Lipinski definition) is 1. The Morgan fingerprint density at radius 3 is 2.34 bits per heavy atom. The molecule has 15 nitrogen and oxygen atoms in total. The molecule has 0 aliphatic carbocycles. The lowest BCUT2D eigenvalue weighted by molar-refractivity contribution is -0.199. The number of aromatic nitrogens is 4. The second-order valence-electron chi connectivity index (χ2n) is 12.0. The molecule has 4 rings (SSSR count). The average Bonchev–Trinajstić information content (AvgIpc) is 3.42. The first kappa shape index (κ1) is 31.5. The predicted molar refractivity (Wildman–Crippen MR) is 148 cm³/mol. The lowest BCUT2D eigenvalue weighted by Crippen LogP contribution is -2.38. The summed E-state index contributed by atoms with van der Waals surface area (Å²) < 4.78 is 52.8. The highest BCUT2D eigenvalue weighted by atomic mass is 31.2. The highest BCUT2D eigenvalue weighted by Gasteiger charge is 2.57. The van der Waals surface area contributed by atoms with Crippen molar-refractivity contribution in [1.29, 1.82) is 0 Å². The summed E-state index contributed by atoms with van der Waals surface area (Å²) in [7, 11) is -2.41. The molecule has 0 radical (unpaired) electrons. The minimum atomic E-state index is -3.73. The van der Waals surface area contributed by atoms with Crippen molar-refractivity contribution in [3.05, 3.63) is 16.8 Å². The van der Waals surface area contributed by atoms with E-state index in [9.17, 15) is 14.2 Å². The van der Waals surface area contributed by atoms with Crippen LogP contribution >= 0.6 is 7.75 Å². The van der Waals surface area contributed by atoms with E-state index in [1.165, 1.54) is 18.0 Å². The van der Waals surface area contributed by atoms with Gasteiger partial charge in [0.2, 0.25) is 0 Å². The average molecular weight is 601 g/mol. The third kappa shape index (κ3) is 5.94. The first-order valence-corrected chi connectivity index (χ1v) is 15.0. The molecule has 4 heterocycles. The molecule has 0 aromatic carbocycles. The van der Waals surface area contributed by atoms with Crippen LogP contribution in [0.4, 0.5) is 10.6 Å². The highest BCUT2D eigenvalue weighted by molar-refractivity contribution is 7.51. The van der Waals surface area contributed by atoms with E-state index < -0.39 is 55.5 Å². The van der Waals surface area contributed by atoms with Gasteiger partial charge in [0.15, 0.2) is 23.5 Å². The molecular formula is C25H41N6O9P. The van der Waals surface area contributed by atoms with Crippen LogP contribution in [0.1, 0.15) is 68.5 Å². The molecule has 2 aliphatic rings. The molecule has 0 amide bonds. The van der Waals surface area contributed by atoms with E-state index in [1.54, 1.807) is 39.3 Å². The smallest absolute Gasteiger partial charge is 0.423 e. The number of ether oxygens (including phenoxy) is 4. The molecule has 16 heteroatoms. The molecule has 1 unspecified atom stereocenters. The quantitative estimate of drug-likeness (QED) is 0.438. The van der Waals surface area contributed by atoms with E-state index in [2.05, 4.69) is 9.97 Å². The fraction of sp³-hybridized carbons (Fsp3) is 0.760. The van der Waals surface area contributed by atoms with Gasteiger partial charge in [0.25, 0.3) is 0 Å². The van der Waals surface area contributed by atoms with Gasteiger partial charge in [-0.3, -0.25) is 9.05 Å². The zero-order valence-electron chi connectivity index (χ0n) is 25.2. The topological polar surface area (TPSA) is 171 Å². The third-order valence-electron chi connectivity index (χ3n) is 6.61. The molecular weight excluding hydrogens is 559 g/mol. The van der Waals surface area contributed by atoms with Crippen molar-refractivity contribution >= 4 is 30.8 Å². The molecule has 230 valence electrons. The van der Waals surface area contributed by atoms with Crippen molar-refractivity contribution in [2.75, 3.05) is 19.5 Å². The van der Waals surface area contributed by atoms with Gasteiger partial charge in [-0.05, 0) is 62.3 Å². The minimum Gasteiger partial charge on any atom is -0.443 e. The second kappa shape index (κ2) is 11.0. The molecule has 2 saturated heterocycles. The lowest BCUT2D eigenvalue weighted by atomic mass is 10.1. The van der Waals surface area contributed by atoms with Crippen molar-refractivity contribution in [2.45, 2.75) is 110 Å². The maximum Gasteiger partial charge on any atom is 0.423 e. The van der Waals surface area contributed by atoms with Crippen LogP contribution in [-0.2, 0) is 32.6 Å². The molecule has 2 aromatic heterocycles. The lowest BCUT2D eigenvalue weighted by Gasteiger charge is -2.35. The zero-order chi connectivity index (χ0) is 30.7. The predicted octanol–water partition coefficient (Wildman–Crippen LogP) is 3.27. The zero-order valence-corrected chi connectivity index (χ0v) is 26.1. The Kier molecular flexibility index (Phi) is 8.48. The van der Waals surface area contributed by atoms with Crippen LogP contribution < -0.4 is 11.4 Å². The monoisotopic (exact) mass is 600 g/mol. The van der Waals surface area contributed by atoms with Crippen LogP contribution in [0.5, 0.6) is 0 Å². The van der Waals surface area contributed by atoms with Crippen LogP contribution in [0.25, 0.3) is 11.2 Å². The number of nitrogen functional groups attached to an aromatic ring is 1. The van der Waals surface area contributed by atoms with Gasteiger partial charge in [-0.2, -0.15) is 4.57 Å². The standard InChI is InChI=1S/C25H41N6O9P/c1-13(2)31(14(3)4)41(34,35-10)36-11-15-17-18(39-25(8,9)38-17)21(37-15)30-20-16(19(26)27-12-28-20)29(22(30)32)23(33)40-24(5,6)7/h12-15,17-18,21H,11H2,1-10H3,(H2,26,27,28)/t15-,17-,18-,21-,41?/m1/s1. The summed E-state index contributed by atoms with van der Waals surface area (Å²) in [6.07, 6.45) is -3.26. The van der Waals surface area contributed by atoms with E-state index in [0.29, 0.717) is 0 Å². The number of rotatable bonds is 8. The summed E-state index contributed by atoms with van der Waals surface area (Å²) in [4.78, 5) is 35.2. The highest BCUT2D eigenvalue weighted by Crippen LogP contribution is 2.54. The third-order valence-corrected chi connectivity index (χ3v) is 9.04. The summed E-state index contributed by atoms with van der Waals surface area (Å²) in [6.45, 7) is 15.9. The van der Waals surface area contributed by atoms with Gasteiger partial charge in [0, 0.05) is 19.2 Å². The first-order valence-electron chi connectivity index (χ1n) is 13.5. The Bertz CT molecular complexity index is 1390. The van der Waals surface area contributed by atoms with Crippen molar-refractivity contribution in [1.82, 2.24) is 23.8 Å². The van der Waals surface area contributed by atoms with Crippen molar-refractivity contribution in [3.63, 3.8) is 0 Å². The Balaban J connectivity index is 1.75. The number of fused-ring (bicyclic) bond motifs is 2. The molecule has 41 heavy (non-hydrogen) atoms. The Morgan fingerprint density at radius 2 is 1.78 bits per heavy atom. The normalized spacial score (nSPS) is 25.8. The van der Waals surface area contributed by atoms with E-state index in [0.717, 1.165) is 4.57 Å². The second-order valence-corrected chi connectivity index (χ2v) is 14.1. The maximum absolute atomic E-state index is 13.8. The summed E-state index contributed by atoms with van der Waals surface area (Å²) in [5.74, 6) is -1.14. The fourth-order valence-electron chi connectivity index (χ4n) is 5.32. The molecule has 5 atom stereocenters. The number of nitrogens with zero attached hydrogens (tertiary/aromatic N) is 5. The van der Waals surface area contributed by atoms with E-state index in [4.69, 9.17) is 33.7 Å². The van der Waals surface area contributed by atoms with Crippen LogP contribution in [0.3, 0.4) is 0 Å². The Morgan fingerprint density at radius 1 is 1.17 bits per heavy atom. The molecule has 2 aliphatic heterocycles. The molecule has 2 aromatic rings. The Labute approximate surface area is 238 Å². The largest absolute Gasteiger partial charge is 0.443 e. The van der Waals surface area contributed by atoms with Crippen molar-refractivity contribution in [3.8, 4) is 0 Å². The number of carbonyl (C=O) groups is 1. The molecule has 2 N–H and O–H groups in total. The van der Waals surface area contributed by atoms with Gasteiger partial charge in [-0.25, -0.2) is 33.4 Å². The summed E-state index contributed by atoms with van der Waals surface area (Å²) in [6, 6.07) is -0.281.